The van der Waals surface area contributed by atoms with Crippen LogP contribution in [0.2, 0.25) is 0 Å². The van der Waals surface area contributed by atoms with Crippen LogP contribution < -0.4 is 4.90 Å². The molecule has 1 nitrogen and oxygen atoms in total. The number of rotatable bonds is 4. The summed E-state index contributed by atoms with van der Waals surface area (Å²) in [6.45, 7) is 0. The van der Waals surface area contributed by atoms with E-state index in [9.17, 15) is 0 Å². The molecule has 224 valence electrons. The molecule has 0 unspecified atom stereocenters. The SMILES string of the molecule is c1ccc(-c2cc(-c3ccccc3)cc(-c3ccc4c5c(cccc35)N(c3ccccc3)c3c-4ccc4sc5ccccc5c34)c2)cc1. The van der Waals surface area contributed by atoms with Crippen LogP contribution in [-0.4, -0.2) is 0 Å². The van der Waals surface area contributed by atoms with Gasteiger partial charge in [-0.25, -0.2) is 0 Å². The van der Waals surface area contributed by atoms with Gasteiger partial charge in [-0.15, -0.1) is 11.3 Å². The summed E-state index contributed by atoms with van der Waals surface area (Å²) in [5.41, 5.74) is 13.5. The lowest BCUT2D eigenvalue weighted by Crippen LogP contribution is -2.15. The second-order valence-corrected chi connectivity index (χ2v) is 13.6. The molecule has 0 bridgehead atoms. The monoisotopic (exact) mass is 627 g/mol. The molecule has 0 saturated carbocycles. The van der Waals surface area contributed by atoms with Crippen molar-refractivity contribution in [2.45, 2.75) is 0 Å². The van der Waals surface area contributed by atoms with Gasteiger partial charge in [0.05, 0.1) is 11.4 Å². The van der Waals surface area contributed by atoms with Gasteiger partial charge in [0.1, 0.15) is 0 Å². The topological polar surface area (TPSA) is 3.24 Å². The van der Waals surface area contributed by atoms with Crippen LogP contribution in [0.25, 0.3) is 75.5 Å². The van der Waals surface area contributed by atoms with E-state index in [4.69, 9.17) is 0 Å². The average molecular weight is 628 g/mol. The van der Waals surface area contributed by atoms with E-state index in [2.05, 4.69) is 181 Å². The number of benzene rings is 8. The van der Waals surface area contributed by atoms with Crippen molar-refractivity contribution in [3.8, 4) is 44.5 Å². The van der Waals surface area contributed by atoms with Crippen LogP contribution in [0.3, 0.4) is 0 Å². The molecule has 1 aliphatic heterocycles. The molecular weight excluding hydrogens is 599 g/mol. The third-order valence-electron chi connectivity index (χ3n) is 9.76. The molecule has 8 aromatic carbocycles. The normalized spacial score (nSPS) is 12.1. The van der Waals surface area contributed by atoms with Crippen LogP contribution in [0.4, 0.5) is 17.1 Å². The zero-order valence-electron chi connectivity index (χ0n) is 26.1. The zero-order chi connectivity index (χ0) is 31.6. The number of anilines is 3. The largest absolute Gasteiger partial charge is 0.309 e. The van der Waals surface area contributed by atoms with Gasteiger partial charge in [-0.3, -0.25) is 0 Å². The number of fused-ring (bicyclic) bond motifs is 6. The first-order valence-corrected chi connectivity index (χ1v) is 17.3. The Labute approximate surface area is 283 Å². The molecule has 0 radical (unpaired) electrons. The highest BCUT2D eigenvalue weighted by molar-refractivity contribution is 7.26. The van der Waals surface area contributed by atoms with E-state index in [1.165, 1.54) is 92.5 Å². The molecule has 0 amide bonds. The van der Waals surface area contributed by atoms with Gasteiger partial charge in [0.25, 0.3) is 0 Å². The van der Waals surface area contributed by atoms with Gasteiger partial charge in [-0.05, 0) is 92.9 Å². The first-order chi connectivity index (χ1) is 23.8. The van der Waals surface area contributed by atoms with Crippen LogP contribution >= 0.6 is 11.3 Å². The van der Waals surface area contributed by atoms with Gasteiger partial charge >= 0.3 is 0 Å². The van der Waals surface area contributed by atoms with Crippen molar-refractivity contribution in [2.75, 3.05) is 4.90 Å². The lowest BCUT2D eigenvalue weighted by molar-refractivity contribution is 1.30. The van der Waals surface area contributed by atoms with E-state index in [0.29, 0.717) is 0 Å². The molecule has 2 heterocycles. The summed E-state index contributed by atoms with van der Waals surface area (Å²) >= 11 is 1.88. The Morgan fingerprint density at radius 1 is 0.354 bits per heavy atom. The first-order valence-electron chi connectivity index (χ1n) is 16.4. The summed E-state index contributed by atoms with van der Waals surface area (Å²) < 4.78 is 2.63. The molecule has 0 fully saturated rings. The van der Waals surface area contributed by atoms with E-state index >= 15 is 0 Å². The molecule has 0 saturated heterocycles. The van der Waals surface area contributed by atoms with E-state index in [-0.39, 0.29) is 0 Å². The standard InChI is InChI=1S/C46H29NS/c1-4-13-30(14-5-1)32-27-33(31-15-6-2-7-16-31)29-34(28-32)36-23-24-38-39-25-26-43-45(40-19-10-11-22-42(40)48-43)46(39)47(35-17-8-3-9-18-35)41-21-12-20-37(36)44(38)41/h1-29H. The summed E-state index contributed by atoms with van der Waals surface area (Å²) in [4.78, 5) is 2.51. The Morgan fingerprint density at radius 3 is 1.67 bits per heavy atom. The molecule has 48 heavy (non-hydrogen) atoms. The van der Waals surface area contributed by atoms with Gasteiger partial charge < -0.3 is 4.90 Å². The number of hydrogen-bond acceptors (Lipinski definition) is 2. The number of hydrogen-bond donors (Lipinski definition) is 0. The molecule has 0 spiro atoms. The Kier molecular flexibility index (Phi) is 6.12. The highest BCUT2D eigenvalue weighted by atomic mass is 32.1. The maximum absolute atomic E-state index is 2.51. The minimum atomic E-state index is 1.17. The third kappa shape index (κ3) is 4.17. The van der Waals surface area contributed by atoms with Crippen molar-refractivity contribution in [3.05, 3.63) is 176 Å². The van der Waals surface area contributed by atoms with Gasteiger partial charge in [0.2, 0.25) is 0 Å². The van der Waals surface area contributed by atoms with Crippen molar-refractivity contribution < 1.29 is 0 Å². The van der Waals surface area contributed by atoms with E-state index < -0.39 is 0 Å². The van der Waals surface area contributed by atoms with Gasteiger partial charge in [0, 0.05) is 36.8 Å². The van der Waals surface area contributed by atoms with Crippen LogP contribution in [0, 0.1) is 0 Å². The Balaban J connectivity index is 1.28. The molecular formula is C46H29NS. The van der Waals surface area contributed by atoms with Crippen molar-refractivity contribution in [3.63, 3.8) is 0 Å². The highest BCUT2D eigenvalue weighted by Crippen LogP contribution is 2.56. The highest BCUT2D eigenvalue weighted by Gasteiger charge is 2.30. The second-order valence-electron chi connectivity index (χ2n) is 12.5. The van der Waals surface area contributed by atoms with Crippen LogP contribution in [0.5, 0.6) is 0 Å². The maximum atomic E-state index is 2.51. The fraction of sp³-hybridized carbons (Fsp3) is 0. The smallest absolute Gasteiger partial charge is 0.0633 e. The molecule has 0 atom stereocenters. The van der Waals surface area contributed by atoms with Crippen LogP contribution in [-0.2, 0) is 0 Å². The predicted molar refractivity (Wildman–Crippen MR) is 207 cm³/mol. The fourth-order valence-electron chi connectivity index (χ4n) is 7.64. The molecule has 9 aromatic rings. The number of para-hydroxylation sites is 1. The molecule has 0 aliphatic carbocycles. The van der Waals surface area contributed by atoms with Crippen LogP contribution in [0.1, 0.15) is 0 Å². The lowest BCUT2D eigenvalue weighted by Gasteiger charge is -2.34. The van der Waals surface area contributed by atoms with E-state index in [1.54, 1.807) is 0 Å². The summed E-state index contributed by atoms with van der Waals surface area (Å²) in [5.74, 6) is 0. The molecule has 1 aliphatic rings. The molecule has 10 rings (SSSR count). The van der Waals surface area contributed by atoms with Crippen LogP contribution in [0.15, 0.2) is 176 Å². The zero-order valence-corrected chi connectivity index (χ0v) is 26.9. The molecule has 2 heteroatoms. The fourth-order valence-corrected chi connectivity index (χ4v) is 8.75. The summed E-state index contributed by atoms with van der Waals surface area (Å²) in [6.07, 6.45) is 0. The minimum Gasteiger partial charge on any atom is -0.309 e. The van der Waals surface area contributed by atoms with Crippen molar-refractivity contribution in [2.24, 2.45) is 0 Å². The van der Waals surface area contributed by atoms with Gasteiger partial charge in [0.15, 0.2) is 0 Å². The lowest BCUT2D eigenvalue weighted by atomic mass is 9.85. The molecule has 0 N–H and O–H groups in total. The van der Waals surface area contributed by atoms with Gasteiger partial charge in [-0.1, -0.05) is 127 Å². The summed E-state index contributed by atoms with van der Waals surface area (Å²) in [7, 11) is 0. The van der Waals surface area contributed by atoms with Crippen molar-refractivity contribution >= 4 is 59.3 Å². The predicted octanol–water partition coefficient (Wildman–Crippen LogP) is 13.7. The van der Waals surface area contributed by atoms with E-state index in [1.807, 2.05) is 11.3 Å². The van der Waals surface area contributed by atoms with Crippen molar-refractivity contribution in [1.29, 1.82) is 0 Å². The third-order valence-corrected chi connectivity index (χ3v) is 10.9. The Bertz CT molecular complexity index is 2600. The summed E-state index contributed by atoms with van der Waals surface area (Å²) in [5, 5.41) is 5.19. The summed E-state index contributed by atoms with van der Waals surface area (Å²) in [6, 6.07) is 64.4. The Morgan fingerprint density at radius 2 is 0.938 bits per heavy atom. The number of nitrogens with zero attached hydrogens (tertiary/aromatic N) is 1. The quantitative estimate of drug-likeness (QED) is 0.188. The maximum Gasteiger partial charge on any atom is 0.0633 e. The van der Waals surface area contributed by atoms with Crippen molar-refractivity contribution in [1.82, 2.24) is 0 Å². The first kappa shape index (κ1) is 27.2. The van der Waals surface area contributed by atoms with E-state index in [0.717, 1.165) is 0 Å². The second kappa shape index (κ2) is 10.8. The minimum absolute atomic E-state index is 1.17. The molecule has 1 aromatic heterocycles. The average Bonchev–Trinajstić information content (AvgIpc) is 3.55. The van der Waals surface area contributed by atoms with Gasteiger partial charge in [-0.2, -0.15) is 0 Å². The Hall–Kier alpha value is -5.96. The number of thiophene rings is 1.